The number of anilines is 1. The summed E-state index contributed by atoms with van der Waals surface area (Å²) in [4.78, 5) is 3.29. The van der Waals surface area contributed by atoms with Crippen LogP contribution in [0.25, 0.3) is 0 Å². The fraction of sp³-hybridized carbons (Fsp3) is 0.500. The van der Waals surface area contributed by atoms with Crippen LogP contribution in [-0.4, -0.2) is 30.9 Å². The minimum atomic E-state index is 0.425. The quantitative estimate of drug-likeness (QED) is 0.739. The molecule has 0 N–H and O–H groups in total. The SMILES string of the molecule is CCSc1cccc(N(C)C(C)CSC)c1C#N. The molecular formula is C14H20N2S2. The Kier molecular flexibility index (Phi) is 6.45. The molecule has 0 fully saturated rings. The van der Waals surface area contributed by atoms with Crippen molar-refractivity contribution in [2.24, 2.45) is 0 Å². The van der Waals surface area contributed by atoms with Gasteiger partial charge in [0.2, 0.25) is 0 Å². The van der Waals surface area contributed by atoms with Crippen molar-refractivity contribution in [1.82, 2.24) is 0 Å². The van der Waals surface area contributed by atoms with Gasteiger partial charge < -0.3 is 4.90 Å². The molecule has 0 radical (unpaired) electrons. The van der Waals surface area contributed by atoms with Crippen molar-refractivity contribution in [3.05, 3.63) is 23.8 Å². The molecule has 2 nitrogen and oxygen atoms in total. The largest absolute Gasteiger partial charge is 0.370 e. The van der Waals surface area contributed by atoms with E-state index in [9.17, 15) is 5.26 Å². The van der Waals surface area contributed by atoms with Crippen LogP contribution in [0.5, 0.6) is 0 Å². The molecule has 0 aliphatic carbocycles. The van der Waals surface area contributed by atoms with E-state index in [0.29, 0.717) is 6.04 Å². The van der Waals surface area contributed by atoms with Crippen molar-refractivity contribution < 1.29 is 0 Å². The van der Waals surface area contributed by atoms with Gasteiger partial charge in [0.25, 0.3) is 0 Å². The third-order valence-corrected chi connectivity index (χ3v) is 4.62. The van der Waals surface area contributed by atoms with E-state index < -0.39 is 0 Å². The molecule has 0 heterocycles. The van der Waals surface area contributed by atoms with Crippen LogP contribution in [0.3, 0.4) is 0 Å². The van der Waals surface area contributed by atoms with Crippen molar-refractivity contribution in [2.75, 3.05) is 29.7 Å². The van der Waals surface area contributed by atoms with Crippen LogP contribution < -0.4 is 4.90 Å². The molecule has 1 rings (SSSR count). The maximum atomic E-state index is 9.39. The molecule has 0 saturated carbocycles. The van der Waals surface area contributed by atoms with Gasteiger partial charge in [-0.05, 0) is 31.1 Å². The number of thioether (sulfide) groups is 2. The van der Waals surface area contributed by atoms with Gasteiger partial charge in [0, 0.05) is 23.7 Å². The average molecular weight is 280 g/mol. The Morgan fingerprint density at radius 3 is 2.72 bits per heavy atom. The highest BCUT2D eigenvalue weighted by Gasteiger charge is 2.15. The van der Waals surface area contributed by atoms with E-state index in [0.717, 1.165) is 27.7 Å². The summed E-state index contributed by atoms with van der Waals surface area (Å²) < 4.78 is 0. The molecular weight excluding hydrogens is 260 g/mol. The van der Waals surface area contributed by atoms with E-state index in [1.165, 1.54) is 0 Å². The zero-order valence-corrected chi connectivity index (χ0v) is 13.1. The lowest BCUT2D eigenvalue weighted by Gasteiger charge is -2.28. The van der Waals surface area contributed by atoms with Gasteiger partial charge in [-0.1, -0.05) is 13.0 Å². The van der Waals surface area contributed by atoms with Crippen molar-refractivity contribution in [3.63, 3.8) is 0 Å². The Bertz CT molecular complexity index is 426. The van der Waals surface area contributed by atoms with E-state index in [1.807, 2.05) is 30.0 Å². The third-order valence-electron chi connectivity index (χ3n) is 2.86. The van der Waals surface area contributed by atoms with Crippen LogP contribution in [0.2, 0.25) is 0 Å². The lowest BCUT2D eigenvalue weighted by atomic mass is 10.1. The first-order valence-electron chi connectivity index (χ1n) is 6.03. The van der Waals surface area contributed by atoms with Crippen LogP contribution in [0.4, 0.5) is 5.69 Å². The van der Waals surface area contributed by atoms with Crippen LogP contribution in [0, 0.1) is 11.3 Å². The highest BCUT2D eigenvalue weighted by atomic mass is 32.2. The number of hydrogen-bond donors (Lipinski definition) is 0. The maximum absolute atomic E-state index is 9.39. The fourth-order valence-electron chi connectivity index (χ4n) is 1.79. The Morgan fingerprint density at radius 1 is 1.44 bits per heavy atom. The molecule has 0 saturated heterocycles. The summed E-state index contributed by atoms with van der Waals surface area (Å²) in [6.45, 7) is 4.30. The second kappa shape index (κ2) is 7.60. The van der Waals surface area contributed by atoms with Gasteiger partial charge >= 0.3 is 0 Å². The number of rotatable bonds is 6. The maximum Gasteiger partial charge on any atom is 0.103 e. The molecule has 1 atom stereocenters. The summed E-state index contributed by atoms with van der Waals surface area (Å²) in [5, 5.41) is 9.39. The molecule has 0 aliphatic heterocycles. The molecule has 0 aliphatic rings. The smallest absolute Gasteiger partial charge is 0.103 e. The zero-order valence-electron chi connectivity index (χ0n) is 11.4. The van der Waals surface area contributed by atoms with Gasteiger partial charge in [0.1, 0.15) is 6.07 Å². The van der Waals surface area contributed by atoms with Crippen molar-refractivity contribution in [2.45, 2.75) is 24.8 Å². The monoisotopic (exact) mass is 280 g/mol. The molecule has 0 amide bonds. The minimum Gasteiger partial charge on any atom is -0.370 e. The predicted octanol–water partition coefficient (Wildman–Crippen LogP) is 3.86. The average Bonchev–Trinajstić information content (AvgIpc) is 2.38. The predicted molar refractivity (Wildman–Crippen MR) is 83.8 cm³/mol. The van der Waals surface area contributed by atoms with E-state index in [2.05, 4.69) is 38.1 Å². The van der Waals surface area contributed by atoms with Crippen LogP contribution in [-0.2, 0) is 0 Å². The number of nitriles is 1. The van der Waals surface area contributed by atoms with Gasteiger partial charge in [-0.25, -0.2) is 0 Å². The van der Waals surface area contributed by atoms with Gasteiger partial charge in [-0.2, -0.15) is 17.0 Å². The summed E-state index contributed by atoms with van der Waals surface area (Å²) >= 11 is 3.56. The minimum absolute atomic E-state index is 0.425. The van der Waals surface area contributed by atoms with Crippen molar-refractivity contribution in [1.29, 1.82) is 5.26 Å². The normalized spacial score (nSPS) is 11.9. The summed E-state index contributed by atoms with van der Waals surface area (Å²) in [7, 11) is 2.07. The number of benzene rings is 1. The number of hydrogen-bond acceptors (Lipinski definition) is 4. The Balaban J connectivity index is 3.08. The molecule has 1 aromatic carbocycles. The Labute approximate surface area is 119 Å². The first kappa shape index (κ1) is 15.3. The van der Waals surface area contributed by atoms with Gasteiger partial charge in [0.15, 0.2) is 0 Å². The standard InChI is InChI=1S/C14H20N2S2/c1-5-18-14-8-6-7-13(12(14)9-15)16(3)11(2)10-17-4/h6-8,11H,5,10H2,1-4H3. The zero-order chi connectivity index (χ0) is 13.5. The fourth-order valence-corrected chi connectivity index (χ4v) is 3.28. The van der Waals surface area contributed by atoms with Crippen LogP contribution in [0.15, 0.2) is 23.1 Å². The highest BCUT2D eigenvalue weighted by molar-refractivity contribution is 7.99. The molecule has 1 unspecified atom stereocenters. The summed E-state index contributed by atoms with van der Waals surface area (Å²) in [6.07, 6.45) is 2.11. The van der Waals surface area contributed by atoms with Gasteiger partial charge in [-0.3, -0.25) is 0 Å². The second-order valence-electron chi connectivity index (χ2n) is 4.11. The highest BCUT2D eigenvalue weighted by Crippen LogP contribution is 2.30. The summed E-state index contributed by atoms with van der Waals surface area (Å²) in [5.41, 5.74) is 1.84. The van der Waals surface area contributed by atoms with Crippen LogP contribution in [0.1, 0.15) is 19.4 Å². The first-order valence-corrected chi connectivity index (χ1v) is 8.41. The van der Waals surface area contributed by atoms with Crippen molar-refractivity contribution in [3.8, 4) is 6.07 Å². The topological polar surface area (TPSA) is 27.0 Å². The summed E-state index contributed by atoms with van der Waals surface area (Å²) in [5.74, 6) is 2.05. The van der Waals surface area contributed by atoms with Crippen molar-refractivity contribution >= 4 is 29.2 Å². The lowest BCUT2D eigenvalue weighted by Crippen LogP contribution is -2.31. The molecule has 4 heteroatoms. The van der Waals surface area contributed by atoms with E-state index in [1.54, 1.807) is 11.8 Å². The second-order valence-corrected chi connectivity index (χ2v) is 6.33. The molecule has 18 heavy (non-hydrogen) atoms. The van der Waals surface area contributed by atoms with Gasteiger partial charge in [-0.15, -0.1) is 11.8 Å². The molecule has 98 valence electrons. The Hall–Kier alpha value is -0.790. The molecule has 1 aromatic rings. The summed E-state index contributed by atoms with van der Waals surface area (Å²) in [6, 6.07) is 8.89. The molecule has 0 aromatic heterocycles. The third kappa shape index (κ3) is 3.60. The molecule has 0 bridgehead atoms. The van der Waals surface area contributed by atoms with Gasteiger partial charge in [0.05, 0.1) is 11.3 Å². The van der Waals surface area contributed by atoms with E-state index >= 15 is 0 Å². The first-order chi connectivity index (χ1) is 8.65. The van der Waals surface area contributed by atoms with E-state index in [4.69, 9.17) is 0 Å². The lowest BCUT2D eigenvalue weighted by molar-refractivity contribution is 0.763. The van der Waals surface area contributed by atoms with E-state index in [-0.39, 0.29) is 0 Å². The molecule has 0 spiro atoms. The van der Waals surface area contributed by atoms with Crippen LogP contribution >= 0.6 is 23.5 Å². The Morgan fingerprint density at radius 2 is 2.17 bits per heavy atom. The number of nitrogens with zero attached hydrogens (tertiary/aromatic N) is 2.